The van der Waals surface area contributed by atoms with Crippen LogP contribution in [0.5, 0.6) is 0 Å². The van der Waals surface area contributed by atoms with Gasteiger partial charge in [0.25, 0.3) is 0 Å². The molecule has 0 fully saturated rings. The first-order valence-corrected chi connectivity index (χ1v) is 19.0. The Morgan fingerprint density at radius 1 is 0.765 bits per heavy atom. The Morgan fingerprint density at radius 2 is 1.51 bits per heavy atom. The zero-order chi connectivity index (χ0) is 34.6. The van der Waals surface area contributed by atoms with Crippen LogP contribution in [0, 0.1) is 29.1 Å². The van der Waals surface area contributed by atoms with Gasteiger partial charge in [-0.2, -0.15) is 0 Å². The minimum Gasteiger partial charge on any atom is -0.363 e. The molecule has 0 spiro atoms. The maximum absolute atomic E-state index is 9.21. The molecule has 4 nitrogen and oxygen atoms in total. The Bertz CT molecular complexity index is 2150. The fraction of sp³-hybridized carbons (Fsp3) is 0.217. The molecule has 3 aromatic carbocycles. The van der Waals surface area contributed by atoms with Crippen LogP contribution in [-0.2, 0) is 0 Å². The Kier molecular flexibility index (Phi) is 9.83. The van der Waals surface area contributed by atoms with Gasteiger partial charge in [0.05, 0.1) is 16.5 Å². The van der Waals surface area contributed by atoms with E-state index in [1.165, 1.54) is 38.9 Å². The maximum Gasteiger partial charge on any atom is 0.134 e. The first-order chi connectivity index (χ1) is 25.1. The van der Waals surface area contributed by atoms with E-state index >= 15 is 0 Å². The minimum atomic E-state index is -0.316. The third-order valence-corrected chi connectivity index (χ3v) is 11.8. The second-order valence-corrected chi connectivity index (χ2v) is 15.2. The van der Waals surface area contributed by atoms with Gasteiger partial charge in [-0.05, 0) is 52.5 Å². The highest BCUT2D eigenvalue weighted by Gasteiger charge is 2.34. The molecule has 254 valence electrons. The van der Waals surface area contributed by atoms with Gasteiger partial charge in [0, 0.05) is 40.9 Å². The molecular formula is C46H44N4S. The van der Waals surface area contributed by atoms with Crippen molar-refractivity contribution in [3.8, 4) is 0 Å². The molecule has 1 heterocycles. The number of fused-ring (bicyclic) bond motifs is 1. The zero-order valence-electron chi connectivity index (χ0n) is 28.7. The molecule has 5 heteroatoms. The van der Waals surface area contributed by atoms with Gasteiger partial charge in [-0.1, -0.05) is 170 Å². The van der Waals surface area contributed by atoms with E-state index in [0.717, 1.165) is 36.4 Å². The van der Waals surface area contributed by atoms with E-state index in [4.69, 9.17) is 10.7 Å². The monoisotopic (exact) mass is 684 g/mol. The number of hydrogen-bond acceptors (Lipinski definition) is 5. The first kappa shape index (κ1) is 33.2. The zero-order valence-corrected chi connectivity index (χ0v) is 29.5. The van der Waals surface area contributed by atoms with Crippen molar-refractivity contribution in [1.82, 2.24) is 5.32 Å². The number of amidine groups is 1. The minimum absolute atomic E-state index is 0.0119. The molecule has 0 aromatic heterocycles. The number of aliphatic imine (C=N–C) groups is 1. The van der Waals surface area contributed by atoms with E-state index < -0.39 is 0 Å². The van der Waals surface area contributed by atoms with E-state index in [1.54, 1.807) is 0 Å². The van der Waals surface area contributed by atoms with Crippen molar-refractivity contribution >= 4 is 40.4 Å². The standard InChI is InChI=1S/C46H44N4S/c47-44(36-26-24-34(25-27-36)33-22-20-32(21-23-33)31-12-4-1-5-13-31)51-45(48)41-29-39-19-11-10-18-38(39)28-40(41)43-30-42(35-14-6-2-7-15-35)49-46(50-43)37-16-8-3-9-17-37/h1-12,14,16-26,28-31,35-36,40-42,45,47H,13,15,27,48H2,(H,49,50). The summed E-state index contributed by atoms with van der Waals surface area (Å²) < 4.78 is 0. The fourth-order valence-electron chi connectivity index (χ4n) is 7.71. The van der Waals surface area contributed by atoms with Crippen LogP contribution in [0.3, 0.4) is 0 Å². The molecule has 5 aliphatic rings. The normalized spacial score (nSPS) is 26.8. The van der Waals surface area contributed by atoms with Gasteiger partial charge >= 0.3 is 0 Å². The number of benzene rings is 3. The molecule has 0 saturated heterocycles. The van der Waals surface area contributed by atoms with Crippen LogP contribution in [-0.4, -0.2) is 22.3 Å². The highest BCUT2D eigenvalue weighted by Crippen LogP contribution is 2.37. The molecule has 4 aliphatic carbocycles. The Labute approximate surface area is 305 Å². The van der Waals surface area contributed by atoms with Gasteiger partial charge in [0.15, 0.2) is 0 Å². The van der Waals surface area contributed by atoms with Gasteiger partial charge in [0.2, 0.25) is 0 Å². The van der Waals surface area contributed by atoms with Gasteiger partial charge in [0.1, 0.15) is 5.84 Å². The van der Waals surface area contributed by atoms with Crippen LogP contribution in [0.4, 0.5) is 0 Å². The number of allylic oxidation sites excluding steroid dienone is 12. The lowest BCUT2D eigenvalue weighted by Crippen LogP contribution is -2.44. The van der Waals surface area contributed by atoms with E-state index in [9.17, 15) is 5.41 Å². The molecule has 51 heavy (non-hydrogen) atoms. The van der Waals surface area contributed by atoms with Crippen molar-refractivity contribution in [2.24, 2.45) is 34.4 Å². The number of thioether (sulfide) groups is 1. The lowest BCUT2D eigenvalue weighted by molar-refractivity contribution is 0.506. The lowest BCUT2D eigenvalue weighted by Gasteiger charge is -2.35. The van der Waals surface area contributed by atoms with Gasteiger partial charge in [-0.15, -0.1) is 0 Å². The van der Waals surface area contributed by atoms with Crippen LogP contribution in [0.25, 0.3) is 17.7 Å². The van der Waals surface area contributed by atoms with Crippen molar-refractivity contribution in [3.63, 3.8) is 0 Å². The van der Waals surface area contributed by atoms with E-state index in [-0.39, 0.29) is 29.2 Å². The third-order valence-electron chi connectivity index (χ3n) is 10.6. The van der Waals surface area contributed by atoms with Gasteiger partial charge < -0.3 is 11.1 Å². The van der Waals surface area contributed by atoms with Crippen molar-refractivity contribution in [2.45, 2.75) is 36.6 Å². The molecule has 8 rings (SSSR count). The van der Waals surface area contributed by atoms with E-state index in [2.05, 4.69) is 163 Å². The largest absolute Gasteiger partial charge is 0.363 e. The second kappa shape index (κ2) is 15.1. The van der Waals surface area contributed by atoms with Crippen LogP contribution >= 0.6 is 11.8 Å². The van der Waals surface area contributed by atoms with Crippen LogP contribution in [0.15, 0.2) is 162 Å². The van der Waals surface area contributed by atoms with Crippen LogP contribution < -0.4 is 21.5 Å². The Morgan fingerprint density at radius 3 is 2.22 bits per heavy atom. The maximum atomic E-state index is 9.21. The number of nitrogens with zero attached hydrogens (tertiary/aromatic N) is 1. The predicted molar refractivity (Wildman–Crippen MR) is 217 cm³/mol. The van der Waals surface area contributed by atoms with Crippen molar-refractivity contribution in [3.05, 3.63) is 185 Å². The molecule has 0 amide bonds. The summed E-state index contributed by atoms with van der Waals surface area (Å²) in [6, 6.07) is 28.0. The molecule has 3 aromatic rings. The summed E-state index contributed by atoms with van der Waals surface area (Å²) in [6.07, 6.45) is 34.1. The van der Waals surface area contributed by atoms with Crippen LogP contribution in [0.2, 0.25) is 0 Å². The summed E-state index contributed by atoms with van der Waals surface area (Å²) in [7, 11) is 0. The smallest absolute Gasteiger partial charge is 0.134 e. The Balaban J connectivity index is 1.02. The summed E-state index contributed by atoms with van der Waals surface area (Å²) in [5.41, 5.74) is 13.0. The van der Waals surface area contributed by atoms with Crippen molar-refractivity contribution in [1.29, 1.82) is 5.41 Å². The average Bonchev–Trinajstić information content (AvgIpc) is 3.21. The average molecular weight is 685 g/mol. The van der Waals surface area contributed by atoms with Crippen molar-refractivity contribution in [2.75, 3.05) is 0 Å². The highest BCUT2D eigenvalue weighted by molar-refractivity contribution is 8.14. The summed E-state index contributed by atoms with van der Waals surface area (Å²) in [6.45, 7) is 0. The van der Waals surface area contributed by atoms with Crippen molar-refractivity contribution < 1.29 is 0 Å². The molecule has 0 saturated carbocycles. The molecule has 0 bridgehead atoms. The van der Waals surface area contributed by atoms with E-state index in [0.29, 0.717) is 16.9 Å². The molecular weight excluding hydrogens is 641 g/mol. The summed E-state index contributed by atoms with van der Waals surface area (Å²) in [4.78, 5) is 5.29. The van der Waals surface area contributed by atoms with Gasteiger partial charge in [-0.3, -0.25) is 5.41 Å². The second-order valence-electron chi connectivity index (χ2n) is 14.0. The molecule has 7 unspecified atom stereocenters. The summed E-state index contributed by atoms with van der Waals surface area (Å²) >= 11 is 1.50. The first-order valence-electron chi connectivity index (χ1n) is 18.2. The highest BCUT2D eigenvalue weighted by atomic mass is 32.2. The Hall–Kier alpha value is -4.97. The molecule has 1 aliphatic heterocycles. The quantitative estimate of drug-likeness (QED) is 0.127. The van der Waals surface area contributed by atoms with Gasteiger partial charge in [-0.25, -0.2) is 4.99 Å². The third kappa shape index (κ3) is 7.42. The number of hydrogen-bond donors (Lipinski definition) is 3. The van der Waals surface area contributed by atoms with E-state index in [1.807, 2.05) is 6.07 Å². The topological polar surface area (TPSA) is 74.3 Å². The lowest BCUT2D eigenvalue weighted by atomic mass is 9.81. The number of nitrogens with two attached hydrogens (primary N) is 1. The predicted octanol–water partition coefficient (Wildman–Crippen LogP) is 8.18. The summed E-state index contributed by atoms with van der Waals surface area (Å²) in [5, 5.41) is 15.6. The molecule has 4 N–H and O–H groups in total. The summed E-state index contributed by atoms with van der Waals surface area (Å²) in [5.74, 6) is 1.62. The molecule has 7 atom stereocenters. The molecule has 0 radical (unpaired) electrons. The fourth-order valence-corrected chi connectivity index (χ4v) is 8.76. The number of nitrogens with one attached hydrogen (secondary N) is 2. The van der Waals surface area contributed by atoms with Crippen LogP contribution in [0.1, 0.15) is 41.9 Å². The number of rotatable bonds is 8. The SMILES string of the molecule is N=C(SC(N)C1C=c2ccccc2=CC1C1=CC(C2C=CC=CC2)NC(c2ccccc2)=N1)C1C=CC(c2ccc(C3C=CC=CC3)cc2)=CC1.